The van der Waals surface area contributed by atoms with E-state index in [4.69, 9.17) is 0 Å². The Bertz CT molecular complexity index is 442. The molecule has 1 aliphatic rings. The van der Waals surface area contributed by atoms with Crippen molar-refractivity contribution in [2.24, 2.45) is 5.41 Å². The molecule has 1 aliphatic carbocycles. The van der Waals surface area contributed by atoms with Crippen LogP contribution in [0.15, 0.2) is 24.3 Å². The van der Waals surface area contributed by atoms with Crippen molar-refractivity contribution >= 4 is 5.69 Å². The molecule has 0 aromatic heterocycles. The first kappa shape index (κ1) is 14.0. The summed E-state index contributed by atoms with van der Waals surface area (Å²) in [7, 11) is 0. The van der Waals surface area contributed by atoms with Crippen LogP contribution in [0.4, 0.5) is 18.9 Å². The van der Waals surface area contributed by atoms with Gasteiger partial charge in [-0.1, -0.05) is 13.8 Å². The molecule has 0 heterocycles. The summed E-state index contributed by atoms with van der Waals surface area (Å²) < 4.78 is 39.8. The van der Waals surface area contributed by atoms with E-state index in [0.29, 0.717) is 12.1 Å². The molecule has 0 aliphatic heterocycles. The quantitative estimate of drug-likeness (QED) is 0.890. The molecule has 106 valence electrons. The smallest absolute Gasteiger partial charge is 0.406 e. The SMILES string of the molecule is CC1(C)C(O)CC1Nc1ccc(OC(F)(F)F)cc1. The van der Waals surface area contributed by atoms with Gasteiger partial charge in [0.05, 0.1) is 6.10 Å². The number of aliphatic hydroxyl groups excluding tert-OH is 1. The number of aliphatic hydroxyl groups is 1. The fourth-order valence-corrected chi connectivity index (χ4v) is 2.10. The van der Waals surface area contributed by atoms with Crippen LogP contribution in [0.1, 0.15) is 20.3 Å². The molecule has 2 N–H and O–H groups in total. The van der Waals surface area contributed by atoms with Crippen LogP contribution < -0.4 is 10.1 Å². The van der Waals surface area contributed by atoms with Gasteiger partial charge in [0.2, 0.25) is 0 Å². The highest BCUT2D eigenvalue weighted by atomic mass is 19.4. The second-order valence-corrected chi connectivity index (χ2v) is 5.34. The van der Waals surface area contributed by atoms with E-state index < -0.39 is 6.36 Å². The Labute approximate surface area is 109 Å². The summed E-state index contributed by atoms with van der Waals surface area (Å²) in [6.07, 6.45) is -4.39. The lowest BCUT2D eigenvalue weighted by molar-refractivity contribution is -0.274. The highest BCUT2D eigenvalue weighted by Gasteiger charge is 2.47. The lowest BCUT2D eigenvalue weighted by Gasteiger charge is -2.49. The standard InChI is InChI=1S/C13H16F3NO2/c1-12(2)10(7-11(12)18)17-8-3-5-9(6-4-8)19-13(14,15)16/h3-6,10-11,17-18H,7H2,1-2H3. The van der Waals surface area contributed by atoms with Crippen molar-refractivity contribution < 1.29 is 23.0 Å². The first-order chi connectivity index (χ1) is 8.68. The van der Waals surface area contributed by atoms with Crippen LogP contribution in [0.3, 0.4) is 0 Å². The number of hydrogen-bond acceptors (Lipinski definition) is 3. The Kier molecular flexibility index (Phi) is 3.38. The second kappa shape index (κ2) is 4.59. The van der Waals surface area contributed by atoms with Gasteiger partial charge in [-0.15, -0.1) is 13.2 Å². The molecule has 1 fully saturated rings. The third-order valence-corrected chi connectivity index (χ3v) is 3.64. The predicted octanol–water partition coefficient (Wildman–Crippen LogP) is 3.16. The van der Waals surface area contributed by atoms with Gasteiger partial charge in [0.25, 0.3) is 0 Å². The Morgan fingerprint density at radius 2 is 1.84 bits per heavy atom. The zero-order valence-corrected chi connectivity index (χ0v) is 10.7. The highest BCUT2D eigenvalue weighted by molar-refractivity contribution is 5.48. The van der Waals surface area contributed by atoms with Crippen molar-refractivity contribution in [2.45, 2.75) is 38.8 Å². The Hall–Kier alpha value is -1.43. The molecule has 2 rings (SSSR count). The molecule has 0 bridgehead atoms. The molecule has 1 aromatic carbocycles. The zero-order valence-electron chi connectivity index (χ0n) is 10.7. The van der Waals surface area contributed by atoms with Crippen LogP contribution in [-0.2, 0) is 0 Å². The van der Waals surface area contributed by atoms with E-state index in [-0.39, 0.29) is 23.3 Å². The maximum Gasteiger partial charge on any atom is 0.573 e. The number of rotatable bonds is 3. The predicted molar refractivity (Wildman–Crippen MR) is 64.9 cm³/mol. The van der Waals surface area contributed by atoms with Gasteiger partial charge in [-0.2, -0.15) is 0 Å². The number of hydrogen-bond donors (Lipinski definition) is 2. The summed E-state index contributed by atoms with van der Waals surface area (Å²) in [6, 6.07) is 5.69. The van der Waals surface area contributed by atoms with Gasteiger partial charge < -0.3 is 15.2 Å². The topological polar surface area (TPSA) is 41.5 Å². The second-order valence-electron chi connectivity index (χ2n) is 5.34. The van der Waals surface area contributed by atoms with Crippen molar-refractivity contribution in [3.63, 3.8) is 0 Å². The summed E-state index contributed by atoms with van der Waals surface area (Å²) in [6.45, 7) is 3.89. The molecular formula is C13H16F3NO2. The largest absolute Gasteiger partial charge is 0.573 e. The first-order valence-electron chi connectivity index (χ1n) is 5.99. The molecule has 6 heteroatoms. The lowest BCUT2D eigenvalue weighted by Crippen LogP contribution is -2.56. The molecule has 1 saturated carbocycles. The van der Waals surface area contributed by atoms with Gasteiger partial charge in [-0.3, -0.25) is 0 Å². The number of ether oxygens (including phenoxy) is 1. The van der Waals surface area contributed by atoms with Crippen molar-refractivity contribution in [1.82, 2.24) is 0 Å². The average molecular weight is 275 g/mol. The Morgan fingerprint density at radius 3 is 2.26 bits per heavy atom. The molecular weight excluding hydrogens is 259 g/mol. The summed E-state index contributed by atoms with van der Waals surface area (Å²) in [5, 5.41) is 12.8. The van der Waals surface area contributed by atoms with E-state index in [0.717, 1.165) is 0 Å². The van der Waals surface area contributed by atoms with E-state index in [1.54, 1.807) is 0 Å². The fourth-order valence-electron chi connectivity index (χ4n) is 2.10. The van der Waals surface area contributed by atoms with Crippen LogP contribution in [-0.4, -0.2) is 23.6 Å². The first-order valence-corrected chi connectivity index (χ1v) is 5.99. The fraction of sp³-hybridized carbons (Fsp3) is 0.538. The summed E-state index contributed by atoms with van der Waals surface area (Å²) >= 11 is 0. The normalized spacial score (nSPS) is 25.6. The van der Waals surface area contributed by atoms with E-state index in [9.17, 15) is 18.3 Å². The molecule has 0 radical (unpaired) electrons. The molecule has 2 unspecified atom stereocenters. The third kappa shape index (κ3) is 3.12. The number of halogens is 3. The van der Waals surface area contributed by atoms with Crippen LogP contribution in [0.2, 0.25) is 0 Å². The lowest BCUT2D eigenvalue weighted by atomic mass is 9.64. The van der Waals surface area contributed by atoms with Gasteiger partial charge in [-0.05, 0) is 30.7 Å². The average Bonchev–Trinajstić information content (AvgIpc) is 2.29. The monoisotopic (exact) mass is 275 g/mol. The maximum atomic E-state index is 12.0. The van der Waals surface area contributed by atoms with E-state index in [2.05, 4.69) is 10.1 Å². The molecule has 0 amide bonds. The van der Waals surface area contributed by atoms with Crippen molar-refractivity contribution in [3.05, 3.63) is 24.3 Å². The molecule has 19 heavy (non-hydrogen) atoms. The Balaban J connectivity index is 1.96. The minimum atomic E-state index is -4.67. The van der Waals surface area contributed by atoms with E-state index in [1.807, 2.05) is 13.8 Å². The number of alkyl halides is 3. The minimum absolute atomic E-state index is 0.108. The van der Waals surface area contributed by atoms with Crippen molar-refractivity contribution in [1.29, 1.82) is 0 Å². The van der Waals surface area contributed by atoms with Crippen LogP contribution in [0.5, 0.6) is 5.75 Å². The summed E-state index contributed by atoms with van der Waals surface area (Å²) in [5.74, 6) is -0.244. The van der Waals surface area contributed by atoms with E-state index >= 15 is 0 Å². The van der Waals surface area contributed by atoms with Gasteiger partial charge in [-0.25, -0.2) is 0 Å². The van der Waals surface area contributed by atoms with E-state index in [1.165, 1.54) is 24.3 Å². The number of nitrogens with one attached hydrogen (secondary N) is 1. The zero-order chi connectivity index (χ0) is 14.3. The summed E-state index contributed by atoms with van der Waals surface area (Å²) in [5.41, 5.74) is 0.473. The van der Waals surface area contributed by atoms with Crippen LogP contribution in [0, 0.1) is 5.41 Å². The molecule has 1 aromatic rings. The summed E-state index contributed by atoms with van der Waals surface area (Å²) in [4.78, 5) is 0. The molecule has 2 atom stereocenters. The van der Waals surface area contributed by atoms with Gasteiger partial charge in [0.15, 0.2) is 0 Å². The molecule has 0 spiro atoms. The Morgan fingerprint density at radius 1 is 1.26 bits per heavy atom. The van der Waals surface area contributed by atoms with Gasteiger partial charge in [0, 0.05) is 17.1 Å². The molecule has 0 saturated heterocycles. The maximum absolute atomic E-state index is 12.0. The van der Waals surface area contributed by atoms with Crippen molar-refractivity contribution in [3.8, 4) is 5.75 Å². The van der Waals surface area contributed by atoms with Crippen LogP contribution >= 0.6 is 0 Å². The number of benzene rings is 1. The highest BCUT2D eigenvalue weighted by Crippen LogP contribution is 2.42. The molecule has 3 nitrogen and oxygen atoms in total. The van der Waals surface area contributed by atoms with Gasteiger partial charge in [0.1, 0.15) is 5.75 Å². The van der Waals surface area contributed by atoms with Gasteiger partial charge >= 0.3 is 6.36 Å². The van der Waals surface area contributed by atoms with Crippen molar-refractivity contribution in [2.75, 3.05) is 5.32 Å². The van der Waals surface area contributed by atoms with Crippen LogP contribution in [0.25, 0.3) is 0 Å². The third-order valence-electron chi connectivity index (χ3n) is 3.64. The number of anilines is 1. The minimum Gasteiger partial charge on any atom is -0.406 e.